The van der Waals surface area contributed by atoms with Crippen LogP contribution in [0, 0.1) is 6.92 Å². The molecule has 19 heavy (non-hydrogen) atoms. The standard InChI is InChI=1S/C11H13F3N2O3/c1-6-7(4-15)9(19-11(12,13)14)5-16-8(6)3-10(17)18-2/h5H,3-4,15H2,1-2H3. The molecule has 0 radical (unpaired) electrons. The maximum Gasteiger partial charge on any atom is 0.573 e. The molecule has 0 unspecified atom stereocenters. The molecule has 0 spiro atoms. The molecule has 0 bridgehead atoms. The number of halogens is 3. The summed E-state index contributed by atoms with van der Waals surface area (Å²) in [7, 11) is 1.21. The second-order valence-electron chi connectivity index (χ2n) is 3.68. The number of carbonyl (C=O) groups is 1. The van der Waals surface area contributed by atoms with E-state index in [1.54, 1.807) is 0 Å². The number of nitrogens with two attached hydrogens (primary N) is 1. The van der Waals surface area contributed by atoms with Crippen LogP contribution in [0.15, 0.2) is 6.20 Å². The zero-order valence-electron chi connectivity index (χ0n) is 10.4. The highest BCUT2D eigenvalue weighted by atomic mass is 19.4. The Balaban J connectivity index is 3.12. The van der Waals surface area contributed by atoms with Crippen molar-refractivity contribution in [3.63, 3.8) is 0 Å². The molecule has 1 heterocycles. The molecule has 0 saturated carbocycles. The molecule has 2 N–H and O–H groups in total. The second kappa shape index (κ2) is 5.87. The van der Waals surface area contributed by atoms with Crippen LogP contribution in [0.25, 0.3) is 0 Å². The first-order chi connectivity index (χ1) is 8.78. The summed E-state index contributed by atoms with van der Waals surface area (Å²) in [5.74, 6) is -0.996. The molecule has 1 aromatic rings. The fourth-order valence-corrected chi connectivity index (χ4v) is 1.52. The van der Waals surface area contributed by atoms with Crippen LogP contribution in [0.3, 0.4) is 0 Å². The molecule has 1 rings (SSSR count). The Labute approximate surface area is 107 Å². The average Bonchev–Trinajstić information content (AvgIpc) is 2.31. The van der Waals surface area contributed by atoms with E-state index in [4.69, 9.17) is 5.73 Å². The number of carbonyl (C=O) groups excluding carboxylic acids is 1. The molecular formula is C11H13F3N2O3. The van der Waals surface area contributed by atoms with Gasteiger partial charge in [0.05, 0.1) is 25.4 Å². The van der Waals surface area contributed by atoms with Gasteiger partial charge in [-0.05, 0) is 12.5 Å². The van der Waals surface area contributed by atoms with Crippen molar-refractivity contribution in [1.29, 1.82) is 0 Å². The van der Waals surface area contributed by atoms with Gasteiger partial charge in [-0.3, -0.25) is 9.78 Å². The molecule has 0 aliphatic heterocycles. The monoisotopic (exact) mass is 278 g/mol. The number of pyridine rings is 1. The smallest absolute Gasteiger partial charge is 0.469 e. The summed E-state index contributed by atoms with van der Waals surface area (Å²) in [6.45, 7) is 1.37. The summed E-state index contributed by atoms with van der Waals surface area (Å²) in [5, 5.41) is 0. The Bertz CT molecular complexity index is 475. The van der Waals surface area contributed by atoms with Gasteiger partial charge in [-0.25, -0.2) is 0 Å². The highest BCUT2D eigenvalue weighted by molar-refractivity contribution is 5.72. The summed E-state index contributed by atoms with van der Waals surface area (Å²) in [6, 6.07) is 0. The summed E-state index contributed by atoms with van der Waals surface area (Å²) in [6.07, 6.45) is -4.05. The molecule has 0 aromatic carbocycles. The third-order valence-corrected chi connectivity index (χ3v) is 2.49. The lowest BCUT2D eigenvalue weighted by Gasteiger charge is -2.15. The fourth-order valence-electron chi connectivity index (χ4n) is 1.52. The van der Waals surface area contributed by atoms with Crippen LogP contribution in [0.4, 0.5) is 13.2 Å². The third kappa shape index (κ3) is 4.09. The van der Waals surface area contributed by atoms with E-state index in [1.807, 2.05) is 0 Å². The van der Waals surface area contributed by atoms with Gasteiger partial charge < -0.3 is 15.2 Å². The van der Waals surface area contributed by atoms with Crippen molar-refractivity contribution in [3.8, 4) is 5.75 Å². The van der Waals surface area contributed by atoms with Crippen molar-refractivity contribution in [1.82, 2.24) is 4.98 Å². The van der Waals surface area contributed by atoms with Gasteiger partial charge in [-0.2, -0.15) is 0 Å². The summed E-state index contributed by atoms with van der Waals surface area (Å²) in [5.41, 5.74) is 6.26. The van der Waals surface area contributed by atoms with Crippen molar-refractivity contribution in [2.75, 3.05) is 7.11 Å². The zero-order valence-corrected chi connectivity index (χ0v) is 10.4. The van der Waals surface area contributed by atoms with Gasteiger partial charge in [-0.15, -0.1) is 13.2 Å². The molecular weight excluding hydrogens is 265 g/mol. The number of ether oxygens (including phenoxy) is 2. The van der Waals surface area contributed by atoms with Gasteiger partial charge in [0.25, 0.3) is 0 Å². The Kier molecular flexibility index (Phi) is 4.71. The topological polar surface area (TPSA) is 74.4 Å². The number of nitrogens with zero attached hydrogens (tertiary/aromatic N) is 1. The predicted molar refractivity (Wildman–Crippen MR) is 59.3 cm³/mol. The van der Waals surface area contributed by atoms with Gasteiger partial charge in [0.1, 0.15) is 0 Å². The first-order valence-electron chi connectivity index (χ1n) is 5.28. The normalized spacial score (nSPS) is 11.3. The van der Waals surface area contributed by atoms with Crippen molar-refractivity contribution >= 4 is 5.97 Å². The first kappa shape index (κ1) is 15.2. The van der Waals surface area contributed by atoms with E-state index in [1.165, 1.54) is 14.0 Å². The minimum absolute atomic E-state index is 0.137. The Hall–Kier alpha value is -1.83. The quantitative estimate of drug-likeness (QED) is 0.844. The third-order valence-electron chi connectivity index (χ3n) is 2.49. The minimum atomic E-state index is -4.82. The lowest BCUT2D eigenvalue weighted by atomic mass is 10.1. The highest BCUT2D eigenvalue weighted by Crippen LogP contribution is 2.28. The molecule has 0 fully saturated rings. The number of hydrogen-bond donors (Lipinski definition) is 1. The fraction of sp³-hybridized carbons (Fsp3) is 0.455. The van der Waals surface area contributed by atoms with Gasteiger partial charge in [0.15, 0.2) is 5.75 Å². The molecule has 5 nitrogen and oxygen atoms in total. The van der Waals surface area contributed by atoms with E-state index >= 15 is 0 Å². The molecule has 1 aromatic heterocycles. The minimum Gasteiger partial charge on any atom is -0.469 e. The number of hydrogen-bond acceptors (Lipinski definition) is 5. The number of aromatic nitrogens is 1. The molecule has 0 saturated heterocycles. The van der Waals surface area contributed by atoms with Crippen molar-refractivity contribution < 1.29 is 27.4 Å². The van der Waals surface area contributed by atoms with Crippen LogP contribution in [0.5, 0.6) is 5.75 Å². The zero-order chi connectivity index (χ0) is 14.6. The van der Waals surface area contributed by atoms with E-state index in [0.717, 1.165) is 6.20 Å². The van der Waals surface area contributed by atoms with Gasteiger partial charge in [-0.1, -0.05) is 0 Å². The second-order valence-corrected chi connectivity index (χ2v) is 3.68. The maximum absolute atomic E-state index is 12.2. The molecule has 0 aliphatic rings. The van der Waals surface area contributed by atoms with Crippen LogP contribution in [0.1, 0.15) is 16.8 Å². The van der Waals surface area contributed by atoms with Crippen molar-refractivity contribution in [3.05, 3.63) is 23.0 Å². The van der Waals surface area contributed by atoms with Crippen molar-refractivity contribution in [2.24, 2.45) is 5.73 Å². The predicted octanol–water partition coefficient (Wildman–Crippen LogP) is 1.46. The van der Waals surface area contributed by atoms with Crippen LogP contribution in [0.2, 0.25) is 0 Å². The number of alkyl halides is 3. The highest BCUT2D eigenvalue weighted by Gasteiger charge is 2.32. The van der Waals surface area contributed by atoms with Gasteiger partial charge >= 0.3 is 12.3 Å². The lowest BCUT2D eigenvalue weighted by molar-refractivity contribution is -0.275. The molecule has 0 amide bonds. The SMILES string of the molecule is COC(=O)Cc1ncc(OC(F)(F)F)c(CN)c1C. The first-order valence-corrected chi connectivity index (χ1v) is 5.28. The summed E-state index contributed by atoms with van der Waals surface area (Å²) in [4.78, 5) is 14.9. The Morgan fingerprint density at radius 3 is 2.58 bits per heavy atom. The largest absolute Gasteiger partial charge is 0.573 e. The number of esters is 1. The molecule has 106 valence electrons. The van der Waals surface area contributed by atoms with Crippen LogP contribution in [-0.4, -0.2) is 24.4 Å². The van der Waals surface area contributed by atoms with E-state index in [9.17, 15) is 18.0 Å². The van der Waals surface area contributed by atoms with E-state index < -0.39 is 18.1 Å². The molecule has 0 atom stereocenters. The Morgan fingerprint density at radius 1 is 1.47 bits per heavy atom. The maximum atomic E-state index is 12.2. The average molecular weight is 278 g/mol. The van der Waals surface area contributed by atoms with E-state index in [-0.39, 0.29) is 18.5 Å². The van der Waals surface area contributed by atoms with Crippen molar-refractivity contribution in [2.45, 2.75) is 26.3 Å². The summed E-state index contributed by atoms with van der Waals surface area (Å²) < 4.78 is 44.9. The van der Waals surface area contributed by atoms with Crippen LogP contribution >= 0.6 is 0 Å². The van der Waals surface area contributed by atoms with Crippen LogP contribution in [-0.2, 0) is 22.5 Å². The van der Waals surface area contributed by atoms with Gasteiger partial charge in [0.2, 0.25) is 0 Å². The Morgan fingerprint density at radius 2 is 2.11 bits per heavy atom. The van der Waals surface area contributed by atoms with E-state index in [2.05, 4.69) is 14.5 Å². The van der Waals surface area contributed by atoms with E-state index in [0.29, 0.717) is 11.3 Å². The van der Waals surface area contributed by atoms with Gasteiger partial charge in [0, 0.05) is 12.1 Å². The summed E-state index contributed by atoms with van der Waals surface area (Å²) >= 11 is 0. The number of rotatable bonds is 4. The number of methoxy groups -OCH3 is 1. The van der Waals surface area contributed by atoms with Crippen LogP contribution < -0.4 is 10.5 Å². The lowest BCUT2D eigenvalue weighted by Crippen LogP contribution is -2.20. The molecule has 8 heteroatoms. The molecule has 0 aliphatic carbocycles.